The van der Waals surface area contributed by atoms with E-state index in [-0.39, 0.29) is 0 Å². The Kier molecular flexibility index (Phi) is 3.45. The van der Waals surface area contributed by atoms with Crippen LogP contribution in [0.2, 0.25) is 0 Å². The number of aryl methyl sites for hydroxylation is 1. The van der Waals surface area contributed by atoms with Crippen molar-refractivity contribution in [2.24, 2.45) is 0 Å². The fourth-order valence-electron chi connectivity index (χ4n) is 4.59. The van der Waals surface area contributed by atoms with E-state index < -0.39 is 0 Å². The van der Waals surface area contributed by atoms with Gasteiger partial charge in [0.2, 0.25) is 0 Å². The highest BCUT2D eigenvalue weighted by atomic mass is 15.3. The zero-order chi connectivity index (χ0) is 18.7. The fourth-order valence-corrected chi connectivity index (χ4v) is 4.59. The minimum Gasteiger partial charge on any atom is -0.365 e. The summed E-state index contributed by atoms with van der Waals surface area (Å²) in [5.41, 5.74) is 5.17. The summed E-state index contributed by atoms with van der Waals surface area (Å²) in [4.78, 5) is 13.9. The molecule has 7 nitrogen and oxygen atoms in total. The van der Waals surface area contributed by atoms with E-state index in [0.29, 0.717) is 12.1 Å². The zero-order valence-corrected chi connectivity index (χ0v) is 16.0. The van der Waals surface area contributed by atoms with Crippen LogP contribution in [0.25, 0.3) is 27.8 Å². The third-order valence-electron chi connectivity index (χ3n) is 6.10. The number of nitrogens with zero attached hydrogens (tertiary/aromatic N) is 6. The highest BCUT2D eigenvalue weighted by molar-refractivity contribution is 5.91. The molecule has 28 heavy (non-hydrogen) atoms. The minimum atomic E-state index is 0.501. The van der Waals surface area contributed by atoms with Gasteiger partial charge in [0.05, 0.1) is 5.52 Å². The molecule has 2 fully saturated rings. The molecule has 6 rings (SSSR count). The van der Waals surface area contributed by atoms with E-state index in [9.17, 15) is 0 Å². The van der Waals surface area contributed by atoms with Gasteiger partial charge < -0.3 is 9.88 Å². The first-order valence-corrected chi connectivity index (χ1v) is 10.2. The average Bonchev–Trinajstić information content (AvgIpc) is 3.11. The summed E-state index contributed by atoms with van der Waals surface area (Å²) in [5.74, 6) is 1.96. The molecule has 2 aliphatic carbocycles. The first kappa shape index (κ1) is 16.0. The largest absolute Gasteiger partial charge is 0.365 e. The third-order valence-corrected chi connectivity index (χ3v) is 6.10. The summed E-state index contributed by atoms with van der Waals surface area (Å²) in [5, 5.41) is 8.06. The predicted molar refractivity (Wildman–Crippen MR) is 108 cm³/mol. The van der Waals surface area contributed by atoms with Crippen molar-refractivity contribution in [3.8, 4) is 11.1 Å². The van der Waals surface area contributed by atoms with Crippen LogP contribution in [0.3, 0.4) is 0 Å². The van der Waals surface area contributed by atoms with Gasteiger partial charge in [-0.1, -0.05) is 12.8 Å². The van der Waals surface area contributed by atoms with Crippen LogP contribution in [0.15, 0.2) is 30.9 Å². The Hall–Kier alpha value is -2.96. The van der Waals surface area contributed by atoms with Gasteiger partial charge in [0.1, 0.15) is 17.7 Å². The van der Waals surface area contributed by atoms with Crippen LogP contribution in [0, 0.1) is 6.92 Å². The molecule has 0 spiro atoms. The maximum absolute atomic E-state index is 4.67. The first-order chi connectivity index (χ1) is 13.8. The van der Waals surface area contributed by atoms with Gasteiger partial charge in [0.15, 0.2) is 11.5 Å². The van der Waals surface area contributed by atoms with E-state index in [0.717, 1.165) is 39.4 Å². The first-order valence-electron chi connectivity index (χ1n) is 10.2. The Bertz CT molecular complexity index is 1180. The zero-order valence-electron chi connectivity index (χ0n) is 16.0. The molecule has 0 bridgehead atoms. The number of hydrogen-bond donors (Lipinski definition) is 1. The Balaban J connectivity index is 1.49. The molecule has 4 aromatic heterocycles. The third kappa shape index (κ3) is 2.49. The molecule has 1 N–H and O–H groups in total. The van der Waals surface area contributed by atoms with Crippen molar-refractivity contribution in [1.82, 2.24) is 29.1 Å². The summed E-state index contributed by atoms with van der Waals surface area (Å²) in [7, 11) is 0. The molecule has 0 aromatic carbocycles. The lowest BCUT2D eigenvalue weighted by molar-refractivity contribution is 0.734. The van der Waals surface area contributed by atoms with E-state index in [4.69, 9.17) is 0 Å². The van der Waals surface area contributed by atoms with Crippen LogP contribution < -0.4 is 5.32 Å². The van der Waals surface area contributed by atoms with Crippen LogP contribution >= 0.6 is 0 Å². The second-order valence-electron chi connectivity index (χ2n) is 8.08. The summed E-state index contributed by atoms with van der Waals surface area (Å²) in [6.07, 6.45) is 13.0. The van der Waals surface area contributed by atoms with Gasteiger partial charge in [-0.25, -0.2) is 19.5 Å². The summed E-state index contributed by atoms with van der Waals surface area (Å²) in [6.45, 7) is 2.07. The number of nitrogens with one attached hydrogen (secondary N) is 1. The lowest BCUT2D eigenvalue weighted by Crippen LogP contribution is -2.16. The summed E-state index contributed by atoms with van der Waals surface area (Å²) >= 11 is 0. The fraction of sp³-hybridized carbons (Fsp3) is 0.429. The molecule has 2 saturated carbocycles. The lowest BCUT2D eigenvalue weighted by Gasteiger charge is -2.14. The molecule has 0 aliphatic heterocycles. The van der Waals surface area contributed by atoms with Crippen molar-refractivity contribution in [3.63, 3.8) is 0 Å². The molecule has 4 heterocycles. The number of rotatable bonds is 4. The standard InChI is InChI=1S/C21H23N7/c1-13-25-20-18(28(13)16-6-7-16)10-14(11-22-20)17-8-9-27-19(17)21(23-12-24-27)26-15-4-2-3-5-15/h8-12,15-16H,2-7H2,1H3,(H,23,24,26). The van der Waals surface area contributed by atoms with Crippen molar-refractivity contribution in [2.45, 2.75) is 57.5 Å². The quantitative estimate of drug-likeness (QED) is 0.582. The van der Waals surface area contributed by atoms with Gasteiger partial charge in [-0.05, 0) is 44.7 Å². The van der Waals surface area contributed by atoms with Crippen LogP contribution in [0.4, 0.5) is 5.82 Å². The topological polar surface area (TPSA) is 72.9 Å². The normalized spacial score (nSPS) is 17.8. The number of hydrogen-bond acceptors (Lipinski definition) is 5. The molecular weight excluding hydrogens is 350 g/mol. The van der Waals surface area contributed by atoms with Gasteiger partial charge in [-0.3, -0.25) is 0 Å². The second-order valence-corrected chi connectivity index (χ2v) is 8.08. The Morgan fingerprint density at radius 2 is 1.96 bits per heavy atom. The summed E-state index contributed by atoms with van der Waals surface area (Å²) < 4.78 is 4.26. The van der Waals surface area contributed by atoms with E-state index >= 15 is 0 Å². The van der Waals surface area contributed by atoms with Crippen LogP contribution in [-0.2, 0) is 0 Å². The highest BCUT2D eigenvalue weighted by Gasteiger charge is 2.27. The van der Waals surface area contributed by atoms with E-state index in [1.54, 1.807) is 6.33 Å². The summed E-state index contributed by atoms with van der Waals surface area (Å²) in [6, 6.07) is 5.41. The molecule has 0 saturated heterocycles. The maximum atomic E-state index is 4.67. The Morgan fingerprint density at radius 3 is 2.79 bits per heavy atom. The second kappa shape index (κ2) is 6.02. The van der Waals surface area contributed by atoms with Crippen molar-refractivity contribution in [3.05, 3.63) is 36.7 Å². The molecule has 142 valence electrons. The van der Waals surface area contributed by atoms with E-state index in [1.807, 2.05) is 16.9 Å². The molecular formula is C21H23N7. The van der Waals surface area contributed by atoms with Gasteiger partial charge in [-0.2, -0.15) is 5.10 Å². The highest BCUT2D eigenvalue weighted by Crippen LogP contribution is 2.39. The molecule has 0 amide bonds. The monoisotopic (exact) mass is 373 g/mol. The van der Waals surface area contributed by atoms with Gasteiger partial charge >= 0.3 is 0 Å². The SMILES string of the molecule is Cc1nc2ncc(-c3ccn4ncnc(NC5CCCC5)c34)cc2n1C1CC1. The smallest absolute Gasteiger partial charge is 0.177 e. The number of imidazole rings is 1. The predicted octanol–water partition coefficient (Wildman–Crippen LogP) is 4.14. The van der Waals surface area contributed by atoms with Crippen molar-refractivity contribution >= 4 is 22.5 Å². The molecule has 7 heteroatoms. The lowest BCUT2D eigenvalue weighted by atomic mass is 10.1. The van der Waals surface area contributed by atoms with Crippen molar-refractivity contribution < 1.29 is 0 Å². The molecule has 4 aromatic rings. The maximum Gasteiger partial charge on any atom is 0.177 e. The van der Waals surface area contributed by atoms with Crippen LogP contribution in [0.1, 0.15) is 50.4 Å². The average molecular weight is 373 g/mol. The van der Waals surface area contributed by atoms with Crippen molar-refractivity contribution in [1.29, 1.82) is 0 Å². The van der Waals surface area contributed by atoms with Crippen LogP contribution in [-0.4, -0.2) is 35.2 Å². The van der Waals surface area contributed by atoms with E-state index in [1.165, 1.54) is 38.5 Å². The van der Waals surface area contributed by atoms with Gasteiger partial charge in [0, 0.05) is 35.6 Å². The van der Waals surface area contributed by atoms with Gasteiger partial charge in [-0.15, -0.1) is 0 Å². The van der Waals surface area contributed by atoms with Crippen molar-refractivity contribution in [2.75, 3.05) is 5.32 Å². The van der Waals surface area contributed by atoms with E-state index in [2.05, 4.69) is 49.0 Å². The minimum absolute atomic E-state index is 0.501. The van der Waals surface area contributed by atoms with Gasteiger partial charge in [0.25, 0.3) is 0 Å². The number of pyridine rings is 1. The Morgan fingerprint density at radius 1 is 1.11 bits per heavy atom. The molecule has 0 unspecified atom stereocenters. The Labute approximate surface area is 162 Å². The van der Waals surface area contributed by atoms with Crippen LogP contribution in [0.5, 0.6) is 0 Å². The molecule has 0 atom stereocenters. The number of aromatic nitrogens is 6. The number of anilines is 1. The molecule has 0 radical (unpaired) electrons. The molecule has 2 aliphatic rings. The number of fused-ring (bicyclic) bond motifs is 2.